The van der Waals surface area contributed by atoms with E-state index in [0.29, 0.717) is 11.8 Å². The van der Waals surface area contributed by atoms with Gasteiger partial charge in [-0.3, -0.25) is 4.79 Å². The van der Waals surface area contributed by atoms with E-state index in [0.717, 1.165) is 29.9 Å². The molecular formula is C25H33N3O. The van der Waals surface area contributed by atoms with Gasteiger partial charge in [-0.2, -0.15) is 0 Å². The smallest absolute Gasteiger partial charge is 0.253 e. The first-order chi connectivity index (χ1) is 13.9. The monoisotopic (exact) mass is 391 g/mol. The molecule has 0 amide bonds. The highest BCUT2D eigenvalue weighted by Crippen LogP contribution is 2.38. The summed E-state index contributed by atoms with van der Waals surface area (Å²) in [6.07, 6.45) is 4.38. The van der Waals surface area contributed by atoms with Crippen molar-refractivity contribution in [2.24, 2.45) is 7.05 Å². The molecule has 0 aliphatic carbocycles. The van der Waals surface area contributed by atoms with E-state index in [2.05, 4.69) is 62.3 Å². The molecule has 4 nitrogen and oxygen atoms in total. The first-order valence-corrected chi connectivity index (χ1v) is 10.9. The number of hydrogen-bond donors (Lipinski definition) is 2. The van der Waals surface area contributed by atoms with Gasteiger partial charge in [0.25, 0.3) is 5.56 Å². The van der Waals surface area contributed by atoms with Crippen LogP contribution in [-0.4, -0.2) is 22.6 Å². The molecule has 0 spiro atoms. The van der Waals surface area contributed by atoms with Crippen LogP contribution < -0.4 is 10.9 Å². The van der Waals surface area contributed by atoms with Gasteiger partial charge in [0.05, 0.1) is 5.69 Å². The lowest BCUT2D eigenvalue weighted by molar-refractivity contribution is 0.460. The maximum Gasteiger partial charge on any atom is 0.253 e. The topological polar surface area (TPSA) is 49.8 Å². The van der Waals surface area contributed by atoms with Gasteiger partial charge in [-0.15, -0.1) is 0 Å². The summed E-state index contributed by atoms with van der Waals surface area (Å²) >= 11 is 0. The van der Waals surface area contributed by atoms with E-state index in [4.69, 9.17) is 0 Å². The van der Waals surface area contributed by atoms with Gasteiger partial charge < -0.3 is 14.9 Å². The summed E-state index contributed by atoms with van der Waals surface area (Å²) in [5.41, 5.74) is 7.20. The van der Waals surface area contributed by atoms with Crippen LogP contribution in [0.15, 0.2) is 35.3 Å². The summed E-state index contributed by atoms with van der Waals surface area (Å²) in [5, 5.41) is 4.79. The lowest BCUT2D eigenvalue weighted by atomic mass is 9.88. The largest absolute Gasteiger partial charge is 0.354 e. The second kappa shape index (κ2) is 7.83. The van der Waals surface area contributed by atoms with Crippen molar-refractivity contribution in [3.8, 4) is 11.3 Å². The Hall–Kier alpha value is -2.33. The molecule has 0 unspecified atom stereocenters. The summed E-state index contributed by atoms with van der Waals surface area (Å²) in [6.45, 7) is 10.9. The zero-order chi connectivity index (χ0) is 20.7. The molecule has 1 fully saturated rings. The average Bonchev–Trinajstić information content (AvgIpc) is 3.09. The van der Waals surface area contributed by atoms with Gasteiger partial charge in [-0.1, -0.05) is 33.8 Å². The molecule has 1 aliphatic rings. The SMILES string of the molecule is CC(C)c1cc(-c2[nH]c3ccc(C4CCNCC4)cc3c2C(C)C)cn(C)c1=O. The van der Waals surface area contributed by atoms with Gasteiger partial charge in [-0.25, -0.2) is 0 Å². The molecule has 3 heterocycles. The highest BCUT2D eigenvalue weighted by atomic mass is 16.1. The molecular weight excluding hydrogens is 358 g/mol. The van der Waals surface area contributed by atoms with E-state index in [1.54, 1.807) is 4.57 Å². The van der Waals surface area contributed by atoms with E-state index >= 15 is 0 Å². The van der Waals surface area contributed by atoms with Crippen LogP contribution in [0.1, 0.15) is 75.0 Å². The number of hydrogen-bond acceptors (Lipinski definition) is 2. The summed E-state index contributed by atoms with van der Waals surface area (Å²) in [7, 11) is 1.85. The lowest BCUT2D eigenvalue weighted by Gasteiger charge is -2.23. The van der Waals surface area contributed by atoms with Crippen LogP contribution in [0.2, 0.25) is 0 Å². The number of benzene rings is 1. The van der Waals surface area contributed by atoms with Gasteiger partial charge in [0.2, 0.25) is 0 Å². The zero-order valence-electron chi connectivity index (χ0n) is 18.3. The van der Waals surface area contributed by atoms with Crippen LogP contribution in [-0.2, 0) is 7.05 Å². The highest BCUT2D eigenvalue weighted by Gasteiger charge is 2.21. The van der Waals surface area contributed by atoms with Crippen LogP contribution >= 0.6 is 0 Å². The molecule has 29 heavy (non-hydrogen) atoms. The van der Waals surface area contributed by atoms with Crippen molar-refractivity contribution in [2.45, 2.75) is 58.3 Å². The molecule has 4 rings (SSSR count). The number of aryl methyl sites for hydroxylation is 1. The fourth-order valence-electron chi connectivity index (χ4n) is 4.75. The minimum Gasteiger partial charge on any atom is -0.354 e. The van der Waals surface area contributed by atoms with Crippen molar-refractivity contribution in [1.29, 1.82) is 0 Å². The van der Waals surface area contributed by atoms with E-state index in [1.807, 2.05) is 13.2 Å². The maximum absolute atomic E-state index is 12.6. The minimum atomic E-state index is 0.0964. The maximum atomic E-state index is 12.6. The number of piperidine rings is 1. The average molecular weight is 392 g/mol. The summed E-state index contributed by atoms with van der Waals surface area (Å²) < 4.78 is 1.72. The predicted molar refractivity (Wildman–Crippen MR) is 122 cm³/mol. The summed E-state index contributed by atoms with van der Waals surface area (Å²) in [4.78, 5) is 16.2. The van der Waals surface area contributed by atoms with E-state index in [9.17, 15) is 4.79 Å². The third-order valence-corrected chi connectivity index (χ3v) is 6.37. The van der Waals surface area contributed by atoms with Crippen LogP contribution in [0.3, 0.4) is 0 Å². The molecule has 1 aromatic carbocycles. The predicted octanol–water partition coefficient (Wildman–Crippen LogP) is 5.25. The van der Waals surface area contributed by atoms with Crippen molar-refractivity contribution in [2.75, 3.05) is 13.1 Å². The molecule has 1 saturated heterocycles. The third-order valence-electron chi connectivity index (χ3n) is 6.37. The van der Waals surface area contributed by atoms with E-state index in [1.165, 1.54) is 34.9 Å². The molecule has 0 saturated carbocycles. The lowest BCUT2D eigenvalue weighted by Crippen LogP contribution is -2.26. The van der Waals surface area contributed by atoms with Crippen LogP contribution in [0.4, 0.5) is 0 Å². The Labute approximate surface area is 173 Å². The Balaban J connectivity index is 1.89. The highest BCUT2D eigenvalue weighted by molar-refractivity contribution is 5.92. The molecule has 2 aromatic heterocycles. The van der Waals surface area contributed by atoms with Gasteiger partial charge >= 0.3 is 0 Å². The van der Waals surface area contributed by atoms with Crippen molar-refractivity contribution < 1.29 is 0 Å². The summed E-state index contributed by atoms with van der Waals surface area (Å²) in [5.74, 6) is 1.23. The van der Waals surface area contributed by atoms with Crippen LogP contribution in [0.5, 0.6) is 0 Å². The second-order valence-corrected chi connectivity index (χ2v) is 9.15. The number of H-pyrrole nitrogens is 1. The number of aromatic amines is 1. The standard InChI is InChI=1S/C25H33N3O/c1-15(2)20-13-19(14-28(5)25(20)29)24-23(16(3)4)21-12-18(6-7-22(21)27-24)17-8-10-26-11-9-17/h6-7,12-17,26-27H,8-11H2,1-5H3. The first-order valence-electron chi connectivity index (χ1n) is 10.9. The first kappa shape index (κ1) is 20.0. The fourth-order valence-corrected chi connectivity index (χ4v) is 4.75. The Morgan fingerprint density at radius 3 is 2.41 bits per heavy atom. The third kappa shape index (κ3) is 3.66. The van der Waals surface area contributed by atoms with Crippen molar-refractivity contribution >= 4 is 10.9 Å². The van der Waals surface area contributed by atoms with Gasteiger partial charge in [0.15, 0.2) is 0 Å². The normalized spacial score (nSPS) is 15.7. The van der Waals surface area contributed by atoms with Crippen molar-refractivity contribution in [3.63, 3.8) is 0 Å². The number of pyridine rings is 1. The second-order valence-electron chi connectivity index (χ2n) is 9.15. The molecule has 2 N–H and O–H groups in total. The molecule has 4 heteroatoms. The summed E-state index contributed by atoms with van der Waals surface area (Å²) in [6, 6.07) is 9.03. The molecule has 3 aromatic rings. The van der Waals surface area contributed by atoms with Gasteiger partial charge in [0, 0.05) is 35.3 Å². The molecule has 0 radical (unpaired) electrons. The fraction of sp³-hybridized carbons (Fsp3) is 0.480. The Bertz CT molecular complexity index is 1080. The van der Waals surface area contributed by atoms with E-state index in [-0.39, 0.29) is 11.5 Å². The Kier molecular flexibility index (Phi) is 5.39. The van der Waals surface area contributed by atoms with E-state index < -0.39 is 0 Å². The van der Waals surface area contributed by atoms with Gasteiger partial charge in [0.1, 0.15) is 0 Å². The van der Waals surface area contributed by atoms with Crippen LogP contribution in [0.25, 0.3) is 22.2 Å². The molecule has 1 aliphatic heterocycles. The van der Waals surface area contributed by atoms with Crippen molar-refractivity contribution in [1.82, 2.24) is 14.9 Å². The molecule has 154 valence electrons. The molecule has 0 atom stereocenters. The number of aromatic nitrogens is 2. The number of nitrogens with zero attached hydrogens (tertiary/aromatic N) is 1. The number of nitrogens with one attached hydrogen (secondary N) is 2. The van der Waals surface area contributed by atoms with Crippen molar-refractivity contribution in [3.05, 3.63) is 57.5 Å². The van der Waals surface area contributed by atoms with Gasteiger partial charge in [-0.05, 0) is 73.0 Å². The van der Waals surface area contributed by atoms with Crippen LogP contribution in [0, 0.1) is 0 Å². The minimum absolute atomic E-state index is 0.0964. The Morgan fingerprint density at radius 2 is 1.76 bits per heavy atom. The zero-order valence-corrected chi connectivity index (χ0v) is 18.3. The quantitative estimate of drug-likeness (QED) is 0.638. The number of fused-ring (bicyclic) bond motifs is 1. The Morgan fingerprint density at radius 1 is 1.03 bits per heavy atom. The number of rotatable bonds is 4. The molecule has 0 bridgehead atoms.